The predicted octanol–water partition coefficient (Wildman–Crippen LogP) is 3.13. The van der Waals surface area contributed by atoms with Gasteiger partial charge in [0.2, 0.25) is 10.8 Å². The number of nitrogens with zero attached hydrogens (tertiary/aromatic N) is 4. The maximum atomic E-state index is 10.6. The van der Waals surface area contributed by atoms with Crippen molar-refractivity contribution < 1.29 is 10.2 Å². The lowest BCUT2D eigenvalue weighted by Gasteiger charge is -2.27. The summed E-state index contributed by atoms with van der Waals surface area (Å²) in [7, 11) is 1.85. The molecular weight excluding hydrogens is 371 g/mol. The summed E-state index contributed by atoms with van der Waals surface area (Å²) in [5.74, 6) is 0.615. The quantitative estimate of drug-likeness (QED) is 0.704. The number of benzene rings is 1. The van der Waals surface area contributed by atoms with Gasteiger partial charge in [-0.3, -0.25) is 4.90 Å². The molecule has 0 saturated heterocycles. The van der Waals surface area contributed by atoms with Crippen LogP contribution in [-0.4, -0.2) is 49.9 Å². The van der Waals surface area contributed by atoms with Crippen LogP contribution in [0.2, 0.25) is 10.0 Å². The number of likely N-dealkylation sites (N-methyl/N-ethyl adjacent to an activating group) is 1. The first-order valence-electron chi connectivity index (χ1n) is 7.23. The second kappa shape index (κ2) is 6.85. The monoisotopic (exact) mass is 386 g/mol. The van der Waals surface area contributed by atoms with Crippen LogP contribution in [0.3, 0.4) is 0 Å². The zero-order valence-electron chi connectivity index (χ0n) is 13.1. The van der Waals surface area contributed by atoms with E-state index < -0.39 is 0 Å². The molecule has 0 fully saturated rings. The predicted molar refractivity (Wildman–Crippen MR) is 95.3 cm³/mol. The maximum Gasteiger partial charge on any atom is 0.230 e. The molecule has 2 N–H and O–H groups in total. The van der Waals surface area contributed by atoms with Gasteiger partial charge in [0.1, 0.15) is 5.82 Å². The highest BCUT2D eigenvalue weighted by atomic mass is 35.5. The fraction of sp³-hybridized carbons (Fsp3) is 0.333. The van der Waals surface area contributed by atoms with Gasteiger partial charge in [-0.15, -0.1) is 5.10 Å². The Morgan fingerprint density at radius 2 is 2.12 bits per heavy atom. The van der Waals surface area contributed by atoms with Crippen LogP contribution in [0.25, 0.3) is 4.96 Å². The Hall–Kier alpha value is -1.38. The van der Waals surface area contributed by atoms with E-state index in [1.54, 1.807) is 19.1 Å². The molecule has 0 radical (unpaired) electrons. The van der Waals surface area contributed by atoms with Gasteiger partial charge < -0.3 is 10.2 Å². The molecule has 24 heavy (non-hydrogen) atoms. The van der Waals surface area contributed by atoms with E-state index in [4.69, 9.17) is 23.2 Å². The van der Waals surface area contributed by atoms with E-state index in [-0.39, 0.29) is 18.5 Å². The molecule has 1 unspecified atom stereocenters. The molecule has 6 nitrogen and oxygen atoms in total. The van der Waals surface area contributed by atoms with Crippen molar-refractivity contribution in [3.63, 3.8) is 0 Å². The number of halogens is 2. The van der Waals surface area contributed by atoms with Gasteiger partial charge in [0.25, 0.3) is 0 Å². The molecule has 2 heterocycles. The Labute approximate surface area is 152 Å². The number of aromatic nitrogens is 3. The molecule has 0 spiro atoms. The number of aliphatic hydroxyl groups excluding tert-OH is 1. The van der Waals surface area contributed by atoms with Crippen LogP contribution in [-0.2, 0) is 0 Å². The van der Waals surface area contributed by atoms with Gasteiger partial charge in [-0.2, -0.15) is 4.52 Å². The lowest BCUT2D eigenvalue weighted by atomic mass is 10.0. The zero-order valence-corrected chi connectivity index (χ0v) is 15.4. The zero-order chi connectivity index (χ0) is 17.4. The highest BCUT2D eigenvalue weighted by molar-refractivity contribution is 7.17. The average Bonchev–Trinajstić information content (AvgIpc) is 3.01. The van der Waals surface area contributed by atoms with Crippen LogP contribution in [0.5, 0.6) is 5.88 Å². The summed E-state index contributed by atoms with van der Waals surface area (Å²) >= 11 is 13.7. The van der Waals surface area contributed by atoms with E-state index >= 15 is 0 Å². The van der Waals surface area contributed by atoms with E-state index in [0.29, 0.717) is 32.3 Å². The number of aromatic hydroxyl groups is 1. The number of rotatable bonds is 5. The average molecular weight is 387 g/mol. The van der Waals surface area contributed by atoms with E-state index in [0.717, 1.165) is 5.56 Å². The largest absolute Gasteiger partial charge is 0.492 e. The van der Waals surface area contributed by atoms with Crippen LogP contribution in [0.4, 0.5) is 0 Å². The van der Waals surface area contributed by atoms with Crippen molar-refractivity contribution >= 4 is 39.5 Å². The van der Waals surface area contributed by atoms with Crippen molar-refractivity contribution in [1.29, 1.82) is 0 Å². The summed E-state index contributed by atoms with van der Waals surface area (Å²) in [4.78, 5) is 7.47. The minimum absolute atomic E-state index is 0.0150. The van der Waals surface area contributed by atoms with Crippen LogP contribution >= 0.6 is 34.5 Å². The van der Waals surface area contributed by atoms with Crippen molar-refractivity contribution in [3.8, 4) is 5.88 Å². The van der Waals surface area contributed by atoms with E-state index in [1.165, 1.54) is 15.9 Å². The molecule has 0 aliphatic carbocycles. The smallest absolute Gasteiger partial charge is 0.230 e. The van der Waals surface area contributed by atoms with E-state index in [1.807, 2.05) is 18.0 Å². The second-order valence-corrected chi connectivity index (χ2v) is 7.27. The third-order valence-corrected chi connectivity index (χ3v) is 5.34. The van der Waals surface area contributed by atoms with Crippen molar-refractivity contribution in [2.24, 2.45) is 0 Å². The summed E-state index contributed by atoms with van der Waals surface area (Å²) in [6.45, 7) is 2.17. The lowest BCUT2D eigenvalue weighted by Crippen LogP contribution is -2.28. The number of hydrogen-bond donors (Lipinski definition) is 2. The third-order valence-electron chi connectivity index (χ3n) is 3.70. The molecule has 0 aliphatic rings. The number of thiazole rings is 1. The van der Waals surface area contributed by atoms with Gasteiger partial charge >= 0.3 is 0 Å². The van der Waals surface area contributed by atoms with Crippen LogP contribution in [0.1, 0.15) is 22.3 Å². The normalized spacial score (nSPS) is 13.1. The number of hydrogen-bond acceptors (Lipinski definition) is 6. The van der Waals surface area contributed by atoms with Gasteiger partial charge in [0.05, 0.1) is 17.5 Å². The minimum atomic E-state index is -0.351. The van der Waals surface area contributed by atoms with Crippen LogP contribution < -0.4 is 0 Å². The van der Waals surface area contributed by atoms with Gasteiger partial charge in [-0.05, 0) is 31.7 Å². The molecule has 0 amide bonds. The molecule has 2 aromatic heterocycles. The highest BCUT2D eigenvalue weighted by Crippen LogP contribution is 2.41. The summed E-state index contributed by atoms with van der Waals surface area (Å²) in [6, 6.07) is 4.89. The van der Waals surface area contributed by atoms with E-state index in [9.17, 15) is 10.2 Å². The van der Waals surface area contributed by atoms with Crippen molar-refractivity contribution in [2.45, 2.75) is 13.0 Å². The molecular formula is C15H16Cl2N4O2S. The minimum Gasteiger partial charge on any atom is -0.492 e. The molecule has 0 bridgehead atoms. The molecule has 0 saturated carbocycles. The molecule has 0 aliphatic heterocycles. The molecule has 128 valence electrons. The molecule has 3 rings (SSSR count). The Bertz CT molecular complexity index is 880. The topological polar surface area (TPSA) is 73.9 Å². The van der Waals surface area contributed by atoms with E-state index in [2.05, 4.69) is 10.1 Å². The number of fused-ring (bicyclic) bond motifs is 1. The summed E-state index contributed by atoms with van der Waals surface area (Å²) in [6.07, 6.45) is 0. The fourth-order valence-corrected chi connectivity index (χ4v) is 4.31. The van der Waals surface area contributed by atoms with Crippen molar-refractivity contribution in [2.75, 3.05) is 20.2 Å². The van der Waals surface area contributed by atoms with Crippen molar-refractivity contribution in [3.05, 3.63) is 44.5 Å². The maximum absolute atomic E-state index is 10.6. The first kappa shape index (κ1) is 17.4. The Kier molecular flexibility index (Phi) is 4.98. The number of aryl methyl sites for hydroxylation is 1. The van der Waals surface area contributed by atoms with Gasteiger partial charge in [0.15, 0.2) is 0 Å². The summed E-state index contributed by atoms with van der Waals surface area (Å²) in [5.41, 5.74) is 0.786. The summed E-state index contributed by atoms with van der Waals surface area (Å²) in [5, 5.41) is 25.1. The van der Waals surface area contributed by atoms with Gasteiger partial charge in [0, 0.05) is 16.6 Å². The van der Waals surface area contributed by atoms with Crippen LogP contribution in [0, 0.1) is 6.92 Å². The van der Waals surface area contributed by atoms with Crippen LogP contribution in [0.15, 0.2) is 18.2 Å². The van der Waals surface area contributed by atoms with Gasteiger partial charge in [-0.25, -0.2) is 4.98 Å². The molecule has 1 atom stereocenters. The fourth-order valence-electron chi connectivity index (χ4n) is 2.62. The summed E-state index contributed by atoms with van der Waals surface area (Å²) < 4.78 is 1.42. The second-order valence-electron chi connectivity index (χ2n) is 5.42. The molecule has 3 aromatic rings. The lowest BCUT2D eigenvalue weighted by molar-refractivity contribution is 0.196. The molecule has 1 aromatic carbocycles. The standard InChI is InChI=1S/C15H16Cl2N4O2S/c1-8-18-15-21(19-8)14(23)13(24-15)12(20(2)5-6-22)10-4-3-9(16)7-11(10)17/h3-4,7,12,22-23H,5-6H2,1-2H3. The molecule has 9 heteroatoms. The third kappa shape index (κ3) is 3.10. The Morgan fingerprint density at radius 3 is 2.75 bits per heavy atom. The first-order valence-corrected chi connectivity index (χ1v) is 8.80. The Morgan fingerprint density at radius 1 is 1.38 bits per heavy atom. The first-order chi connectivity index (χ1) is 11.4. The SMILES string of the molecule is Cc1nc2sc(C(c3ccc(Cl)cc3Cl)N(C)CCO)c(O)n2n1. The number of aliphatic hydroxyl groups is 1. The van der Waals surface area contributed by atoms with Crippen molar-refractivity contribution in [1.82, 2.24) is 19.5 Å². The Balaban J connectivity index is 2.16. The highest BCUT2D eigenvalue weighted by Gasteiger charge is 2.29. The van der Waals surface area contributed by atoms with Gasteiger partial charge in [-0.1, -0.05) is 40.6 Å².